The van der Waals surface area contributed by atoms with E-state index in [-0.39, 0.29) is 0 Å². The third-order valence-corrected chi connectivity index (χ3v) is 4.47. The Bertz CT molecular complexity index is 895. The summed E-state index contributed by atoms with van der Waals surface area (Å²) in [6.45, 7) is 2.75. The van der Waals surface area contributed by atoms with E-state index in [9.17, 15) is 0 Å². The van der Waals surface area contributed by atoms with E-state index in [0.29, 0.717) is 4.77 Å². The van der Waals surface area contributed by atoms with Crippen molar-refractivity contribution in [2.75, 3.05) is 6.54 Å². The highest BCUT2D eigenvalue weighted by atomic mass is 32.1. The molecule has 0 radical (unpaired) electrons. The Morgan fingerprint density at radius 3 is 3.09 bits per heavy atom. The maximum Gasteiger partial charge on any atom is 0.196 e. The first-order chi connectivity index (χ1) is 10.7. The summed E-state index contributed by atoms with van der Waals surface area (Å²) in [5.41, 5.74) is 4.78. The number of benzene rings is 1. The second-order valence-electron chi connectivity index (χ2n) is 5.74. The number of hydrogen-bond acceptors (Lipinski definition) is 4. The van der Waals surface area contributed by atoms with Crippen LogP contribution in [0.1, 0.15) is 17.0 Å². The minimum absolute atomic E-state index is 0.572. The summed E-state index contributed by atoms with van der Waals surface area (Å²) in [6, 6.07) is 8.39. The van der Waals surface area contributed by atoms with Gasteiger partial charge in [-0.05, 0) is 18.3 Å². The van der Waals surface area contributed by atoms with Crippen molar-refractivity contribution in [3.05, 3.63) is 52.2 Å². The fourth-order valence-corrected chi connectivity index (χ4v) is 3.33. The zero-order chi connectivity index (χ0) is 15.1. The maximum absolute atomic E-state index is 5.09. The highest BCUT2D eigenvalue weighted by Gasteiger charge is 2.19. The van der Waals surface area contributed by atoms with Crippen molar-refractivity contribution in [2.24, 2.45) is 7.05 Å². The molecule has 0 amide bonds. The number of rotatable bonds is 2. The number of aromatic nitrogens is 4. The van der Waals surface area contributed by atoms with E-state index in [1.807, 2.05) is 17.9 Å². The third kappa shape index (κ3) is 2.34. The third-order valence-electron chi connectivity index (χ3n) is 4.26. The number of nitrogens with zero attached hydrogens (tertiary/aromatic N) is 4. The SMILES string of the molecule is Cn1nc(CN2CCc3[nH]c(=S)ncc3C2)c2ccccc21. The maximum atomic E-state index is 5.09. The van der Waals surface area contributed by atoms with Crippen molar-refractivity contribution in [3.8, 4) is 0 Å². The number of H-pyrrole nitrogens is 1. The lowest BCUT2D eigenvalue weighted by atomic mass is 10.1. The number of aryl methyl sites for hydroxylation is 1. The smallest absolute Gasteiger partial charge is 0.196 e. The van der Waals surface area contributed by atoms with Crippen LogP contribution in [0.3, 0.4) is 0 Å². The molecule has 5 nitrogen and oxygen atoms in total. The number of hydrogen-bond donors (Lipinski definition) is 1. The van der Waals surface area contributed by atoms with Crippen LogP contribution in [0.4, 0.5) is 0 Å². The Morgan fingerprint density at radius 2 is 2.18 bits per heavy atom. The molecule has 0 unspecified atom stereocenters. The number of fused-ring (bicyclic) bond motifs is 2. The molecule has 2 aromatic heterocycles. The molecule has 3 aromatic rings. The predicted octanol–water partition coefficient (Wildman–Crippen LogP) is 2.58. The van der Waals surface area contributed by atoms with Gasteiger partial charge in [0.25, 0.3) is 0 Å². The zero-order valence-corrected chi connectivity index (χ0v) is 13.2. The first-order valence-corrected chi connectivity index (χ1v) is 7.81. The Morgan fingerprint density at radius 1 is 1.32 bits per heavy atom. The fourth-order valence-electron chi connectivity index (χ4n) is 3.16. The molecule has 1 N–H and O–H groups in total. The van der Waals surface area contributed by atoms with Crippen LogP contribution in [0, 0.1) is 4.77 Å². The van der Waals surface area contributed by atoms with Gasteiger partial charge in [0.15, 0.2) is 4.77 Å². The van der Waals surface area contributed by atoms with Crippen LogP contribution >= 0.6 is 12.2 Å². The molecule has 4 rings (SSSR count). The Balaban J connectivity index is 1.61. The van der Waals surface area contributed by atoms with E-state index in [2.05, 4.69) is 44.2 Å². The minimum atomic E-state index is 0.572. The average molecular weight is 311 g/mol. The number of aromatic amines is 1. The second kappa shape index (κ2) is 5.30. The molecule has 1 aliphatic heterocycles. The molecule has 0 spiro atoms. The van der Waals surface area contributed by atoms with Crippen LogP contribution in [-0.2, 0) is 26.6 Å². The summed E-state index contributed by atoms with van der Waals surface area (Å²) in [5, 5.41) is 5.93. The van der Waals surface area contributed by atoms with E-state index in [1.54, 1.807) is 0 Å². The molecule has 0 atom stereocenters. The van der Waals surface area contributed by atoms with Crippen LogP contribution in [0.25, 0.3) is 10.9 Å². The fraction of sp³-hybridized carbons (Fsp3) is 0.312. The van der Waals surface area contributed by atoms with Gasteiger partial charge in [0, 0.05) is 55.9 Å². The van der Waals surface area contributed by atoms with Gasteiger partial charge >= 0.3 is 0 Å². The van der Waals surface area contributed by atoms with Gasteiger partial charge in [0.1, 0.15) is 0 Å². The van der Waals surface area contributed by atoms with Crippen LogP contribution in [-0.4, -0.2) is 31.2 Å². The highest BCUT2D eigenvalue weighted by Crippen LogP contribution is 2.22. The van der Waals surface area contributed by atoms with Gasteiger partial charge in [0.2, 0.25) is 0 Å². The quantitative estimate of drug-likeness (QED) is 0.739. The topological polar surface area (TPSA) is 49.7 Å². The minimum Gasteiger partial charge on any atom is -0.334 e. The number of nitrogens with one attached hydrogen (secondary N) is 1. The summed E-state index contributed by atoms with van der Waals surface area (Å²) in [6.07, 6.45) is 2.88. The molecule has 3 heterocycles. The summed E-state index contributed by atoms with van der Waals surface area (Å²) < 4.78 is 2.53. The molecule has 0 fully saturated rings. The van der Waals surface area contributed by atoms with Gasteiger partial charge < -0.3 is 4.98 Å². The van der Waals surface area contributed by atoms with Gasteiger partial charge in [-0.25, -0.2) is 4.98 Å². The van der Waals surface area contributed by atoms with Crippen LogP contribution in [0.15, 0.2) is 30.5 Å². The van der Waals surface area contributed by atoms with E-state index in [1.165, 1.54) is 22.2 Å². The molecule has 0 saturated carbocycles. The first kappa shape index (κ1) is 13.6. The van der Waals surface area contributed by atoms with Crippen LogP contribution in [0.2, 0.25) is 0 Å². The molecule has 6 heteroatoms. The van der Waals surface area contributed by atoms with Gasteiger partial charge in [-0.1, -0.05) is 18.2 Å². The van der Waals surface area contributed by atoms with E-state index in [4.69, 9.17) is 12.2 Å². The van der Waals surface area contributed by atoms with Crippen molar-refractivity contribution in [1.29, 1.82) is 0 Å². The molecule has 0 bridgehead atoms. The summed E-state index contributed by atoms with van der Waals surface area (Å²) >= 11 is 5.09. The standard InChI is InChI=1S/C16H17N5S/c1-20-15-5-3-2-4-12(15)14(19-20)10-21-7-6-13-11(9-21)8-17-16(22)18-13/h2-5,8H,6-7,9-10H2,1H3,(H,17,18,22). The average Bonchev–Trinajstić information content (AvgIpc) is 2.84. The molecular weight excluding hydrogens is 294 g/mol. The Hall–Kier alpha value is -2.05. The molecule has 0 aliphatic carbocycles. The lowest BCUT2D eigenvalue weighted by molar-refractivity contribution is 0.240. The highest BCUT2D eigenvalue weighted by molar-refractivity contribution is 7.71. The van der Waals surface area contributed by atoms with Crippen LogP contribution < -0.4 is 0 Å². The molecule has 0 saturated heterocycles. The largest absolute Gasteiger partial charge is 0.334 e. The molecule has 22 heavy (non-hydrogen) atoms. The van der Waals surface area contributed by atoms with E-state index < -0.39 is 0 Å². The molecule has 1 aliphatic rings. The van der Waals surface area contributed by atoms with Gasteiger partial charge in [-0.15, -0.1) is 0 Å². The summed E-state index contributed by atoms with van der Waals surface area (Å²) in [5.74, 6) is 0. The second-order valence-corrected chi connectivity index (χ2v) is 6.13. The summed E-state index contributed by atoms with van der Waals surface area (Å²) in [4.78, 5) is 9.82. The number of para-hydroxylation sites is 1. The first-order valence-electron chi connectivity index (χ1n) is 7.41. The van der Waals surface area contributed by atoms with E-state index >= 15 is 0 Å². The van der Waals surface area contributed by atoms with Gasteiger partial charge in [-0.2, -0.15) is 5.10 Å². The van der Waals surface area contributed by atoms with Crippen LogP contribution in [0.5, 0.6) is 0 Å². The molecular formula is C16H17N5S. The Labute approximate surface area is 133 Å². The summed E-state index contributed by atoms with van der Waals surface area (Å²) in [7, 11) is 2.00. The molecule has 112 valence electrons. The van der Waals surface area contributed by atoms with Crippen molar-refractivity contribution in [2.45, 2.75) is 19.5 Å². The Kier molecular flexibility index (Phi) is 3.28. The lowest BCUT2D eigenvalue weighted by Gasteiger charge is -2.27. The van der Waals surface area contributed by atoms with Crippen molar-refractivity contribution in [3.63, 3.8) is 0 Å². The monoisotopic (exact) mass is 311 g/mol. The van der Waals surface area contributed by atoms with Crippen molar-refractivity contribution >= 4 is 23.1 Å². The lowest BCUT2D eigenvalue weighted by Crippen LogP contribution is -2.31. The normalized spacial score (nSPS) is 15.1. The zero-order valence-electron chi connectivity index (χ0n) is 12.4. The van der Waals surface area contributed by atoms with Gasteiger partial charge in [-0.3, -0.25) is 9.58 Å². The van der Waals surface area contributed by atoms with Gasteiger partial charge in [0.05, 0.1) is 11.2 Å². The molecule has 1 aromatic carbocycles. The van der Waals surface area contributed by atoms with E-state index in [0.717, 1.165) is 31.7 Å². The van der Waals surface area contributed by atoms with Crippen molar-refractivity contribution < 1.29 is 0 Å². The van der Waals surface area contributed by atoms with Crippen molar-refractivity contribution in [1.82, 2.24) is 24.6 Å². The predicted molar refractivity (Wildman–Crippen MR) is 88.0 cm³/mol.